The lowest BCUT2D eigenvalue weighted by Crippen LogP contribution is -2.02. The van der Waals surface area contributed by atoms with Gasteiger partial charge in [-0.2, -0.15) is 0 Å². The van der Waals surface area contributed by atoms with Crippen molar-refractivity contribution in [3.63, 3.8) is 0 Å². The van der Waals surface area contributed by atoms with Gasteiger partial charge in [0.25, 0.3) is 0 Å². The van der Waals surface area contributed by atoms with E-state index in [0.29, 0.717) is 23.2 Å². The molecule has 0 aliphatic carbocycles. The Morgan fingerprint density at radius 3 is 2.50 bits per heavy atom. The van der Waals surface area contributed by atoms with Gasteiger partial charge in [-0.25, -0.2) is 0 Å². The minimum atomic E-state index is 0.632. The van der Waals surface area contributed by atoms with Crippen LogP contribution in [0.5, 0.6) is 5.75 Å². The van der Waals surface area contributed by atoms with Gasteiger partial charge in [0.05, 0.1) is 6.61 Å². The van der Waals surface area contributed by atoms with Crippen LogP contribution in [-0.2, 0) is 13.0 Å². The lowest BCUT2D eigenvalue weighted by molar-refractivity contribution is 0.311. The van der Waals surface area contributed by atoms with Gasteiger partial charge in [0, 0.05) is 28.3 Å². The number of hydrogen-bond acceptors (Lipinski definition) is 2. The summed E-state index contributed by atoms with van der Waals surface area (Å²) in [6.07, 6.45) is 2.01. The van der Waals surface area contributed by atoms with Gasteiger partial charge in [0.15, 0.2) is 0 Å². The van der Waals surface area contributed by atoms with E-state index < -0.39 is 0 Å². The molecule has 134 valence electrons. The van der Waals surface area contributed by atoms with Crippen LogP contribution in [0.2, 0.25) is 10.0 Å². The van der Waals surface area contributed by atoms with Crippen molar-refractivity contribution < 1.29 is 4.74 Å². The van der Waals surface area contributed by atoms with E-state index in [1.165, 1.54) is 5.56 Å². The van der Waals surface area contributed by atoms with Gasteiger partial charge in [0.1, 0.15) is 5.75 Å². The summed E-state index contributed by atoms with van der Waals surface area (Å²) in [6.45, 7) is 1.33. The Labute approximate surface area is 164 Å². The van der Waals surface area contributed by atoms with E-state index >= 15 is 0 Å². The predicted octanol–water partition coefficient (Wildman–Crippen LogP) is 6.62. The molecule has 0 saturated heterocycles. The normalized spacial score (nSPS) is 10.5. The highest BCUT2D eigenvalue weighted by Crippen LogP contribution is 2.23. The summed E-state index contributed by atoms with van der Waals surface area (Å²) in [5, 5.41) is 4.68. The lowest BCUT2D eigenvalue weighted by Gasteiger charge is -2.11. The molecule has 0 bridgehead atoms. The van der Waals surface area contributed by atoms with Crippen molar-refractivity contribution in [3.8, 4) is 5.75 Å². The molecule has 0 heterocycles. The minimum Gasteiger partial charge on any atom is -0.494 e. The maximum atomic E-state index is 6.21. The van der Waals surface area contributed by atoms with Crippen molar-refractivity contribution >= 4 is 28.9 Å². The SMILES string of the molecule is Clc1ccc(CNc2cccc(OCCCc3ccccc3)c2)c(Cl)c1. The van der Waals surface area contributed by atoms with Gasteiger partial charge in [-0.15, -0.1) is 0 Å². The van der Waals surface area contributed by atoms with Crippen LogP contribution in [0.25, 0.3) is 0 Å². The van der Waals surface area contributed by atoms with Gasteiger partial charge in [-0.3, -0.25) is 0 Å². The second kappa shape index (κ2) is 9.51. The fourth-order valence-electron chi connectivity index (χ4n) is 2.67. The Morgan fingerprint density at radius 1 is 0.846 bits per heavy atom. The van der Waals surface area contributed by atoms with Gasteiger partial charge in [-0.05, 0) is 48.2 Å². The number of rotatable bonds is 8. The Hall–Kier alpha value is -2.16. The van der Waals surface area contributed by atoms with Crippen LogP contribution in [0.3, 0.4) is 0 Å². The number of aryl methyl sites for hydroxylation is 1. The van der Waals surface area contributed by atoms with Crippen molar-refractivity contribution in [1.82, 2.24) is 0 Å². The largest absolute Gasteiger partial charge is 0.494 e. The van der Waals surface area contributed by atoms with Crippen molar-refractivity contribution in [2.45, 2.75) is 19.4 Å². The summed E-state index contributed by atoms with van der Waals surface area (Å²) < 4.78 is 5.88. The zero-order valence-electron chi connectivity index (χ0n) is 14.4. The van der Waals surface area contributed by atoms with E-state index in [4.69, 9.17) is 27.9 Å². The number of nitrogens with one attached hydrogen (secondary N) is 1. The topological polar surface area (TPSA) is 21.3 Å². The van der Waals surface area contributed by atoms with E-state index in [-0.39, 0.29) is 0 Å². The highest BCUT2D eigenvalue weighted by atomic mass is 35.5. The van der Waals surface area contributed by atoms with Gasteiger partial charge in [-0.1, -0.05) is 65.7 Å². The van der Waals surface area contributed by atoms with Crippen molar-refractivity contribution in [1.29, 1.82) is 0 Å². The maximum Gasteiger partial charge on any atom is 0.121 e. The molecule has 0 amide bonds. The average molecular weight is 386 g/mol. The molecule has 3 aromatic carbocycles. The number of halogens is 2. The quantitative estimate of drug-likeness (QED) is 0.440. The second-order valence-electron chi connectivity index (χ2n) is 6.05. The predicted molar refractivity (Wildman–Crippen MR) is 110 cm³/mol. The molecule has 26 heavy (non-hydrogen) atoms. The third-order valence-corrected chi connectivity index (χ3v) is 4.64. The summed E-state index contributed by atoms with van der Waals surface area (Å²) in [7, 11) is 0. The Kier molecular flexibility index (Phi) is 6.82. The molecule has 4 heteroatoms. The van der Waals surface area contributed by atoms with Crippen LogP contribution in [0.4, 0.5) is 5.69 Å². The third-order valence-electron chi connectivity index (χ3n) is 4.05. The van der Waals surface area contributed by atoms with E-state index in [9.17, 15) is 0 Å². The van der Waals surface area contributed by atoms with Gasteiger partial charge < -0.3 is 10.1 Å². The van der Waals surface area contributed by atoms with E-state index in [1.807, 2.05) is 42.5 Å². The Morgan fingerprint density at radius 2 is 1.69 bits per heavy atom. The molecular formula is C22H21Cl2NO. The molecule has 1 N–H and O–H groups in total. The molecule has 0 radical (unpaired) electrons. The Balaban J connectivity index is 1.48. The number of benzene rings is 3. The summed E-state index contributed by atoms with van der Waals surface area (Å²) in [5.74, 6) is 0.866. The van der Waals surface area contributed by atoms with Gasteiger partial charge >= 0.3 is 0 Å². The molecule has 0 aliphatic heterocycles. The second-order valence-corrected chi connectivity index (χ2v) is 6.90. The number of hydrogen-bond donors (Lipinski definition) is 1. The number of ether oxygens (including phenoxy) is 1. The molecule has 0 saturated carbocycles. The average Bonchev–Trinajstić information content (AvgIpc) is 2.66. The molecule has 3 aromatic rings. The molecule has 0 aliphatic rings. The molecule has 0 atom stereocenters. The molecule has 3 rings (SSSR count). The van der Waals surface area contributed by atoms with Crippen LogP contribution in [0.1, 0.15) is 17.5 Å². The van der Waals surface area contributed by atoms with Crippen molar-refractivity contribution in [3.05, 3.63) is 94.0 Å². The van der Waals surface area contributed by atoms with Crippen molar-refractivity contribution in [2.24, 2.45) is 0 Å². The van der Waals surface area contributed by atoms with E-state index in [2.05, 4.69) is 29.6 Å². The standard InChI is InChI=1S/C22H21Cl2NO/c23-19-12-11-18(22(24)14-19)16-25-20-9-4-10-21(15-20)26-13-5-8-17-6-2-1-3-7-17/h1-4,6-7,9-12,14-15,25H,5,8,13,16H2. The molecular weight excluding hydrogens is 365 g/mol. The first-order valence-corrected chi connectivity index (χ1v) is 9.41. The van der Waals surface area contributed by atoms with Crippen LogP contribution < -0.4 is 10.1 Å². The molecule has 0 fully saturated rings. The highest BCUT2D eigenvalue weighted by molar-refractivity contribution is 6.35. The zero-order valence-corrected chi connectivity index (χ0v) is 15.9. The zero-order chi connectivity index (χ0) is 18.2. The monoisotopic (exact) mass is 385 g/mol. The summed E-state index contributed by atoms with van der Waals surface area (Å²) in [6, 6.07) is 24.0. The van der Waals surface area contributed by atoms with Crippen LogP contribution in [0.15, 0.2) is 72.8 Å². The molecule has 0 spiro atoms. The smallest absolute Gasteiger partial charge is 0.121 e. The fourth-order valence-corrected chi connectivity index (χ4v) is 3.14. The first-order valence-electron chi connectivity index (χ1n) is 8.65. The fraction of sp³-hybridized carbons (Fsp3) is 0.182. The molecule has 0 aromatic heterocycles. The first kappa shape index (κ1) is 18.6. The highest BCUT2D eigenvalue weighted by Gasteiger charge is 2.02. The lowest BCUT2D eigenvalue weighted by atomic mass is 10.1. The van der Waals surface area contributed by atoms with Crippen molar-refractivity contribution in [2.75, 3.05) is 11.9 Å². The van der Waals surface area contributed by atoms with Crippen LogP contribution in [0, 0.1) is 0 Å². The van der Waals surface area contributed by atoms with Crippen LogP contribution >= 0.6 is 23.2 Å². The molecule has 2 nitrogen and oxygen atoms in total. The maximum absolute atomic E-state index is 6.21. The van der Waals surface area contributed by atoms with Gasteiger partial charge in [0.2, 0.25) is 0 Å². The Bertz CT molecular complexity index is 837. The number of anilines is 1. The summed E-state index contributed by atoms with van der Waals surface area (Å²) in [5.41, 5.74) is 3.34. The summed E-state index contributed by atoms with van der Waals surface area (Å²) in [4.78, 5) is 0. The summed E-state index contributed by atoms with van der Waals surface area (Å²) >= 11 is 12.1. The third kappa shape index (κ3) is 5.69. The molecule has 0 unspecified atom stereocenters. The minimum absolute atomic E-state index is 0.632. The van der Waals surface area contributed by atoms with E-state index in [1.54, 1.807) is 6.07 Å². The van der Waals surface area contributed by atoms with Crippen LogP contribution in [-0.4, -0.2) is 6.61 Å². The van der Waals surface area contributed by atoms with E-state index in [0.717, 1.165) is 29.8 Å². The first-order chi connectivity index (χ1) is 12.7.